The van der Waals surface area contributed by atoms with Gasteiger partial charge in [-0.05, 0) is 48.1 Å². The van der Waals surface area contributed by atoms with Gasteiger partial charge < -0.3 is 16.5 Å². The fourth-order valence-electron chi connectivity index (χ4n) is 3.46. The number of nitrogens with zero attached hydrogens (tertiary/aromatic N) is 6. The van der Waals surface area contributed by atoms with Crippen LogP contribution in [0.3, 0.4) is 0 Å². The Morgan fingerprint density at radius 1 is 1.29 bits per heavy atom. The number of aromatic nitrogens is 6. The highest BCUT2D eigenvalue weighted by molar-refractivity contribution is 14.1. The van der Waals surface area contributed by atoms with Crippen LogP contribution in [0, 0.1) is 16.0 Å². The second-order valence-corrected chi connectivity index (χ2v) is 7.98. The fraction of sp³-hybridized carbons (Fsp3) is 0.200. The van der Waals surface area contributed by atoms with E-state index in [1.54, 1.807) is 23.2 Å². The van der Waals surface area contributed by atoms with Gasteiger partial charge in [-0.25, -0.2) is 19.6 Å². The van der Waals surface area contributed by atoms with E-state index in [1.807, 2.05) is 31.2 Å². The SMILES string of the molecule is CNc1c(C(C)=N)nc(Cn2nc(I)c3c(N)ncnc32)n(-c2ccccc2C)c1=O. The van der Waals surface area contributed by atoms with Crippen LogP contribution in [0.4, 0.5) is 11.5 Å². The van der Waals surface area contributed by atoms with Crippen LogP contribution in [-0.4, -0.2) is 42.1 Å². The zero-order valence-electron chi connectivity index (χ0n) is 17.1. The van der Waals surface area contributed by atoms with Crippen molar-refractivity contribution in [3.8, 4) is 5.69 Å². The van der Waals surface area contributed by atoms with E-state index in [-0.39, 0.29) is 23.5 Å². The summed E-state index contributed by atoms with van der Waals surface area (Å²) in [6.07, 6.45) is 1.38. The molecule has 0 atom stereocenters. The standard InChI is InChI=1S/C20H20IN9O/c1-10-6-4-5-7-12(10)30-13(27-15(11(2)22)16(24-3)20(30)31)8-29-19-14(17(21)28-29)18(23)25-9-26-19/h4-7,9,22,24H,8H2,1-3H3,(H2,23,25,26). The molecule has 3 aromatic heterocycles. The zero-order chi connectivity index (χ0) is 22.3. The lowest BCUT2D eigenvalue weighted by Gasteiger charge is -2.18. The first-order valence-corrected chi connectivity index (χ1v) is 10.5. The van der Waals surface area contributed by atoms with Gasteiger partial charge in [0.15, 0.2) is 5.65 Å². The van der Waals surface area contributed by atoms with Gasteiger partial charge in [0, 0.05) is 7.05 Å². The lowest BCUT2D eigenvalue weighted by atomic mass is 10.1. The summed E-state index contributed by atoms with van der Waals surface area (Å²) in [7, 11) is 1.65. The lowest BCUT2D eigenvalue weighted by molar-refractivity contribution is 0.639. The van der Waals surface area contributed by atoms with Crippen molar-refractivity contribution in [2.24, 2.45) is 0 Å². The van der Waals surface area contributed by atoms with Crippen LogP contribution >= 0.6 is 22.6 Å². The van der Waals surface area contributed by atoms with E-state index in [0.717, 1.165) is 5.56 Å². The van der Waals surface area contributed by atoms with E-state index in [1.165, 1.54) is 6.33 Å². The second kappa shape index (κ2) is 8.06. The molecule has 4 N–H and O–H groups in total. The molecular formula is C20H20IN9O. The Kier molecular flexibility index (Phi) is 5.43. The van der Waals surface area contributed by atoms with Gasteiger partial charge in [0.2, 0.25) is 0 Å². The quantitative estimate of drug-likeness (QED) is 0.266. The molecule has 4 rings (SSSR count). The van der Waals surface area contributed by atoms with Crippen molar-refractivity contribution >= 4 is 50.8 Å². The summed E-state index contributed by atoms with van der Waals surface area (Å²) in [5, 5.41) is 16.2. The Balaban J connectivity index is 2.02. The van der Waals surface area contributed by atoms with Crippen LogP contribution < -0.4 is 16.6 Å². The number of nitrogens with two attached hydrogens (primary N) is 1. The number of nitrogen functional groups attached to an aromatic ring is 1. The molecule has 0 saturated carbocycles. The summed E-state index contributed by atoms with van der Waals surface area (Å²) in [6, 6.07) is 7.58. The average molecular weight is 529 g/mol. The highest BCUT2D eigenvalue weighted by Gasteiger charge is 2.21. The highest BCUT2D eigenvalue weighted by atomic mass is 127. The predicted molar refractivity (Wildman–Crippen MR) is 128 cm³/mol. The number of nitrogens with one attached hydrogen (secondary N) is 2. The third kappa shape index (κ3) is 3.54. The van der Waals surface area contributed by atoms with Crippen molar-refractivity contribution in [1.82, 2.24) is 29.3 Å². The van der Waals surface area contributed by atoms with Crippen molar-refractivity contribution in [2.75, 3.05) is 18.1 Å². The van der Waals surface area contributed by atoms with Crippen molar-refractivity contribution in [3.63, 3.8) is 0 Å². The molecule has 0 aliphatic heterocycles. The maximum Gasteiger partial charge on any atom is 0.282 e. The number of fused-ring (bicyclic) bond motifs is 1. The Hall–Kier alpha value is -3.35. The molecule has 0 bridgehead atoms. The number of benzene rings is 1. The van der Waals surface area contributed by atoms with Crippen molar-refractivity contribution < 1.29 is 0 Å². The minimum atomic E-state index is -0.288. The molecular weight excluding hydrogens is 509 g/mol. The summed E-state index contributed by atoms with van der Waals surface area (Å²) in [6.45, 7) is 3.69. The topological polar surface area (TPSA) is 140 Å². The largest absolute Gasteiger partial charge is 0.383 e. The Morgan fingerprint density at radius 3 is 2.71 bits per heavy atom. The molecule has 0 spiro atoms. The fourth-order valence-corrected chi connectivity index (χ4v) is 4.24. The molecule has 0 unspecified atom stereocenters. The first-order valence-electron chi connectivity index (χ1n) is 9.41. The Bertz CT molecular complexity index is 1390. The van der Waals surface area contributed by atoms with Crippen LogP contribution in [0.5, 0.6) is 0 Å². The van der Waals surface area contributed by atoms with E-state index in [4.69, 9.17) is 16.1 Å². The number of rotatable bonds is 5. The average Bonchev–Trinajstić information content (AvgIpc) is 3.05. The number of aryl methyl sites for hydroxylation is 1. The molecule has 0 fully saturated rings. The van der Waals surface area contributed by atoms with Crippen LogP contribution in [0.2, 0.25) is 0 Å². The minimum Gasteiger partial charge on any atom is -0.383 e. The minimum absolute atomic E-state index is 0.157. The third-order valence-corrected chi connectivity index (χ3v) is 5.68. The molecule has 10 nitrogen and oxygen atoms in total. The van der Waals surface area contributed by atoms with Crippen LogP contribution in [0.25, 0.3) is 16.7 Å². The van der Waals surface area contributed by atoms with Gasteiger partial charge in [0.05, 0.1) is 16.8 Å². The summed E-state index contributed by atoms with van der Waals surface area (Å²) < 4.78 is 3.86. The third-order valence-electron chi connectivity index (χ3n) is 4.92. The smallest absolute Gasteiger partial charge is 0.282 e. The number of para-hydroxylation sites is 1. The van der Waals surface area contributed by atoms with Gasteiger partial charge >= 0.3 is 0 Å². The van der Waals surface area contributed by atoms with E-state index in [0.29, 0.717) is 37.8 Å². The molecule has 0 saturated heterocycles. The number of anilines is 2. The van der Waals surface area contributed by atoms with E-state index >= 15 is 0 Å². The van der Waals surface area contributed by atoms with Crippen LogP contribution in [0.1, 0.15) is 24.0 Å². The van der Waals surface area contributed by atoms with Gasteiger partial charge in [-0.3, -0.25) is 9.36 Å². The maximum absolute atomic E-state index is 13.5. The summed E-state index contributed by atoms with van der Waals surface area (Å²) in [5.41, 5.74) is 8.66. The number of hydrogen-bond acceptors (Lipinski definition) is 8. The first kappa shape index (κ1) is 20.9. The molecule has 0 radical (unpaired) electrons. The van der Waals surface area contributed by atoms with Gasteiger partial charge in [-0.15, -0.1) is 0 Å². The van der Waals surface area contributed by atoms with E-state index < -0.39 is 0 Å². The molecule has 1 aromatic carbocycles. The molecule has 3 heterocycles. The second-order valence-electron chi connectivity index (χ2n) is 6.96. The lowest BCUT2D eigenvalue weighted by Crippen LogP contribution is -2.30. The normalized spacial score (nSPS) is 11.1. The first-order chi connectivity index (χ1) is 14.8. The molecule has 0 aliphatic carbocycles. The number of halogens is 1. The molecule has 0 amide bonds. The van der Waals surface area contributed by atoms with Gasteiger partial charge in [0.1, 0.15) is 39.6 Å². The van der Waals surface area contributed by atoms with Crippen molar-refractivity contribution in [2.45, 2.75) is 20.4 Å². The van der Waals surface area contributed by atoms with Crippen LogP contribution in [0.15, 0.2) is 35.4 Å². The molecule has 4 aromatic rings. The Morgan fingerprint density at radius 2 is 2.03 bits per heavy atom. The van der Waals surface area contributed by atoms with Crippen molar-refractivity contribution in [1.29, 1.82) is 5.41 Å². The van der Waals surface area contributed by atoms with Gasteiger partial charge in [-0.1, -0.05) is 18.2 Å². The molecule has 0 aliphatic rings. The maximum atomic E-state index is 13.5. The molecule has 11 heteroatoms. The predicted octanol–water partition coefficient (Wildman–Crippen LogP) is 2.35. The van der Waals surface area contributed by atoms with Gasteiger partial charge in [0.25, 0.3) is 5.56 Å². The monoisotopic (exact) mass is 529 g/mol. The highest BCUT2D eigenvalue weighted by Crippen LogP contribution is 2.24. The van der Waals surface area contributed by atoms with E-state index in [9.17, 15) is 4.79 Å². The zero-order valence-corrected chi connectivity index (χ0v) is 19.3. The summed E-state index contributed by atoms with van der Waals surface area (Å²) in [4.78, 5) is 26.6. The Labute approximate surface area is 191 Å². The summed E-state index contributed by atoms with van der Waals surface area (Å²) >= 11 is 2.08. The number of hydrogen-bond donors (Lipinski definition) is 3. The summed E-state index contributed by atoms with van der Waals surface area (Å²) in [5.74, 6) is 0.768. The van der Waals surface area contributed by atoms with Crippen molar-refractivity contribution in [3.05, 3.63) is 61.7 Å². The van der Waals surface area contributed by atoms with Crippen LogP contribution in [-0.2, 0) is 6.54 Å². The van der Waals surface area contributed by atoms with Gasteiger partial charge in [-0.2, -0.15) is 5.10 Å². The molecule has 31 heavy (non-hydrogen) atoms. The van der Waals surface area contributed by atoms with E-state index in [2.05, 4.69) is 43.0 Å². The molecule has 158 valence electrons.